The molecule has 2 N–H and O–H groups in total. The highest BCUT2D eigenvalue weighted by Crippen LogP contribution is 2.28. The molecule has 1 amide bonds. The van der Waals surface area contributed by atoms with E-state index in [1.807, 2.05) is 12.1 Å². The molecule has 0 saturated carbocycles. The Morgan fingerprint density at radius 2 is 1.91 bits per heavy atom. The van der Waals surface area contributed by atoms with Gasteiger partial charge in [0, 0.05) is 17.1 Å². The first-order chi connectivity index (χ1) is 10.8. The maximum atomic E-state index is 12.2. The molecule has 1 aromatic heterocycles. The fourth-order valence-electron chi connectivity index (χ4n) is 1.74. The summed E-state index contributed by atoms with van der Waals surface area (Å²) in [4.78, 5) is 12.0. The Kier molecular flexibility index (Phi) is 5.78. The molecule has 9 heteroatoms. The number of benzene rings is 1. The summed E-state index contributed by atoms with van der Waals surface area (Å²) in [6.45, 7) is 0.613. The zero-order valence-electron chi connectivity index (χ0n) is 11.5. The monoisotopic (exact) mass is 382 g/mol. The lowest BCUT2D eigenvalue weighted by atomic mass is 10.2. The number of carbonyl (C=O) groups excluding carboxylic acids is 1. The molecule has 124 valence electrons. The van der Waals surface area contributed by atoms with E-state index in [1.54, 1.807) is 11.4 Å². The van der Waals surface area contributed by atoms with Gasteiger partial charge >= 0.3 is 12.1 Å². The van der Waals surface area contributed by atoms with Crippen LogP contribution in [-0.2, 0) is 11.2 Å². The molecule has 0 radical (unpaired) electrons. The van der Waals surface area contributed by atoms with Gasteiger partial charge in [-0.05, 0) is 36.8 Å². The second kappa shape index (κ2) is 7.42. The van der Waals surface area contributed by atoms with E-state index in [2.05, 4.69) is 5.32 Å². The van der Waals surface area contributed by atoms with Crippen LogP contribution in [0.3, 0.4) is 0 Å². The minimum absolute atomic E-state index is 0.0202. The highest BCUT2D eigenvalue weighted by atomic mass is 35.5. The molecular weight excluding hydrogens is 372 g/mol. The highest BCUT2D eigenvalue weighted by molar-refractivity contribution is 7.16. The third kappa shape index (κ3) is 5.30. The SMILES string of the molecule is O=C(Nc1ccc(NCCc2ccc(Cl)s2)cc1Cl)C(F)(F)F. The summed E-state index contributed by atoms with van der Waals surface area (Å²) in [5.74, 6) is -2.06. The first kappa shape index (κ1) is 17.9. The molecule has 2 rings (SSSR count). The van der Waals surface area contributed by atoms with Gasteiger partial charge in [0.25, 0.3) is 0 Å². The van der Waals surface area contributed by atoms with Gasteiger partial charge in [-0.25, -0.2) is 0 Å². The minimum Gasteiger partial charge on any atom is -0.385 e. The molecule has 0 atom stereocenters. The average molecular weight is 383 g/mol. The molecule has 0 fully saturated rings. The second-order valence-corrected chi connectivity index (χ2v) is 6.74. The van der Waals surface area contributed by atoms with Gasteiger partial charge in [-0.2, -0.15) is 13.2 Å². The summed E-state index contributed by atoms with van der Waals surface area (Å²) in [5.41, 5.74) is 0.548. The lowest BCUT2D eigenvalue weighted by Gasteiger charge is -2.11. The van der Waals surface area contributed by atoms with Gasteiger partial charge in [0.1, 0.15) is 0 Å². The van der Waals surface area contributed by atoms with Crippen molar-refractivity contribution in [3.05, 3.63) is 44.6 Å². The van der Waals surface area contributed by atoms with Crippen molar-refractivity contribution in [1.29, 1.82) is 0 Å². The van der Waals surface area contributed by atoms with Crippen LogP contribution in [0.15, 0.2) is 30.3 Å². The van der Waals surface area contributed by atoms with Crippen LogP contribution in [0, 0.1) is 0 Å². The lowest BCUT2D eigenvalue weighted by molar-refractivity contribution is -0.167. The van der Waals surface area contributed by atoms with Crippen molar-refractivity contribution < 1.29 is 18.0 Å². The Bertz CT molecular complexity index is 704. The van der Waals surface area contributed by atoms with Crippen molar-refractivity contribution in [2.45, 2.75) is 12.6 Å². The predicted molar refractivity (Wildman–Crippen MR) is 87.7 cm³/mol. The molecule has 0 aliphatic carbocycles. The van der Waals surface area contributed by atoms with Crippen LogP contribution in [-0.4, -0.2) is 18.6 Å². The molecule has 2 aromatic rings. The van der Waals surface area contributed by atoms with E-state index < -0.39 is 12.1 Å². The molecule has 0 saturated heterocycles. The molecule has 0 bridgehead atoms. The number of amides is 1. The van der Waals surface area contributed by atoms with Crippen molar-refractivity contribution in [3.63, 3.8) is 0 Å². The van der Waals surface area contributed by atoms with Crippen molar-refractivity contribution in [2.24, 2.45) is 0 Å². The Morgan fingerprint density at radius 1 is 1.17 bits per heavy atom. The number of anilines is 2. The summed E-state index contributed by atoms with van der Waals surface area (Å²) in [6.07, 6.45) is -4.20. The zero-order chi connectivity index (χ0) is 17.0. The highest BCUT2D eigenvalue weighted by Gasteiger charge is 2.38. The van der Waals surface area contributed by atoms with Crippen molar-refractivity contribution >= 4 is 51.8 Å². The standard InChI is InChI=1S/C14H11Cl2F3N2OS/c15-10-7-8(20-6-5-9-2-4-12(16)23-9)1-3-11(10)21-13(22)14(17,18)19/h1-4,7,20H,5-6H2,(H,21,22). The summed E-state index contributed by atoms with van der Waals surface area (Å²) >= 11 is 13.2. The number of hydrogen-bond donors (Lipinski definition) is 2. The first-order valence-corrected chi connectivity index (χ1v) is 7.99. The second-order valence-electron chi connectivity index (χ2n) is 4.53. The van der Waals surface area contributed by atoms with E-state index in [1.165, 1.54) is 23.5 Å². The maximum Gasteiger partial charge on any atom is 0.471 e. The predicted octanol–water partition coefficient (Wildman–Crippen LogP) is 5.21. The van der Waals surface area contributed by atoms with Gasteiger partial charge in [-0.3, -0.25) is 4.79 Å². The number of halogens is 5. The van der Waals surface area contributed by atoms with Crippen LogP contribution in [0.25, 0.3) is 0 Å². The summed E-state index contributed by atoms with van der Waals surface area (Å²) in [6, 6.07) is 8.05. The number of thiophene rings is 1. The molecular formula is C14H11Cl2F3N2OS. The van der Waals surface area contributed by atoms with E-state index >= 15 is 0 Å². The number of hydrogen-bond acceptors (Lipinski definition) is 3. The topological polar surface area (TPSA) is 41.1 Å². The van der Waals surface area contributed by atoms with Gasteiger partial charge in [0.05, 0.1) is 15.0 Å². The molecule has 23 heavy (non-hydrogen) atoms. The quantitative estimate of drug-likeness (QED) is 0.744. The minimum atomic E-state index is -4.96. The van der Waals surface area contributed by atoms with Crippen LogP contribution in [0.2, 0.25) is 9.36 Å². The van der Waals surface area contributed by atoms with Crippen molar-refractivity contribution in [2.75, 3.05) is 17.2 Å². The molecule has 3 nitrogen and oxygen atoms in total. The third-order valence-corrected chi connectivity index (χ3v) is 4.41. The van der Waals surface area contributed by atoms with E-state index in [9.17, 15) is 18.0 Å². The lowest BCUT2D eigenvalue weighted by Crippen LogP contribution is -2.30. The number of alkyl halides is 3. The third-order valence-electron chi connectivity index (χ3n) is 2.80. The Balaban J connectivity index is 1.92. The molecule has 0 aliphatic heterocycles. The molecule has 0 spiro atoms. The van der Waals surface area contributed by atoms with Crippen LogP contribution >= 0.6 is 34.5 Å². The van der Waals surface area contributed by atoms with E-state index in [0.717, 1.165) is 11.3 Å². The number of carbonyl (C=O) groups is 1. The number of rotatable bonds is 5. The largest absolute Gasteiger partial charge is 0.471 e. The van der Waals surface area contributed by atoms with Crippen LogP contribution < -0.4 is 10.6 Å². The van der Waals surface area contributed by atoms with Crippen molar-refractivity contribution in [1.82, 2.24) is 0 Å². The van der Waals surface area contributed by atoms with Crippen LogP contribution in [0.5, 0.6) is 0 Å². The van der Waals surface area contributed by atoms with Crippen LogP contribution in [0.1, 0.15) is 4.88 Å². The summed E-state index contributed by atoms with van der Waals surface area (Å²) < 4.78 is 37.3. The van der Waals surface area contributed by atoms with E-state index in [0.29, 0.717) is 16.6 Å². The molecule has 0 aliphatic rings. The summed E-state index contributed by atoms with van der Waals surface area (Å²) in [5, 5.41) is 4.84. The smallest absolute Gasteiger partial charge is 0.385 e. The van der Waals surface area contributed by atoms with Gasteiger partial charge in [0.2, 0.25) is 0 Å². The number of nitrogens with one attached hydrogen (secondary N) is 2. The van der Waals surface area contributed by atoms with Gasteiger partial charge in [-0.1, -0.05) is 23.2 Å². The fraction of sp³-hybridized carbons (Fsp3) is 0.214. The molecule has 1 heterocycles. The average Bonchev–Trinajstić information content (AvgIpc) is 2.86. The van der Waals surface area contributed by atoms with Crippen molar-refractivity contribution in [3.8, 4) is 0 Å². The maximum absolute atomic E-state index is 12.2. The van der Waals surface area contributed by atoms with Gasteiger partial charge in [-0.15, -0.1) is 11.3 Å². The molecule has 1 aromatic carbocycles. The van der Waals surface area contributed by atoms with Gasteiger partial charge in [0.15, 0.2) is 0 Å². The first-order valence-electron chi connectivity index (χ1n) is 6.41. The normalized spacial score (nSPS) is 11.3. The van der Waals surface area contributed by atoms with Gasteiger partial charge < -0.3 is 10.6 Å². The van der Waals surface area contributed by atoms with E-state index in [4.69, 9.17) is 23.2 Å². The Hall–Kier alpha value is -1.44. The Labute approximate surface area is 144 Å². The molecule has 0 unspecified atom stereocenters. The van der Waals surface area contributed by atoms with Crippen LogP contribution in [0.4, 0.5) is 24.5 Å². The fourth-order valence-corrected chi connectivity index (χ4v) is 3.05. The Morgan fingerprint density at radius 3 is 2.48 bits per heavy atom. The zero-order valence-corrected chi connectivity index (χ0v) is 13.8. The van der Waals surface area contributed by atoms with E-state index in [-0.39, 0.29) is 10.7 Å². The summed E-state index contributed by atoms with van der Waals surface area (Å²) in [7, 11) is 0.